The highest BCUT2D eigenvalue weighted by atomic mass is 16.2. The highest BCUT2D eigenvalue weighted by molar-refractivity contribution is 5.97. The fourth-order valence-corrected chi connectivity index (χ4v) is 3.20. The Morgan fingerprint density at radius 2 is 1.26 bits per heavy atom. The summed E-state index contributed by atoms with van der Waals surface area (Å²) >= 11 is 0. The van der Waals surface area contributed by atoms with Gasteiger partial charge in [0.05, 0.1) is 5.92 Å². The lowest BCUT2D eigenvalue weighted by atomic mass is 10.1. The van der Waals surface area contributed by atoms with E-state index in [-0.39, 0.29) is 24.2 Å². The highest BCUT2D eigenvalue weighted by Gasteiger charge is 2.22. The minimum absolute atomic E-state index is 0.153. The van der Waals surface area contributed by atoms with E-state index < -0.39 is 0 Å². The van der Waals surface area contributed by atoms with Crippen LogP contribution in [0.3, 0.4) is 0 Å². The van der Waals surface area contributed by atoms with Gasteiger partial charge in [0, 0.05) is 13.0 Å². The number of amides is 2. The van der Waals surface area contributed by atoms with E-state index in [0.29, 0.717) is 6.54 Å². The average molecular weight is 476 g/mol. The Hall–Kier alpha value is -1.90. The van der Waals surface area contributed by atoms with Crippen LogP contribution in [0.4, 0.5) is 0 Å². The fourth-order valence-electron chi connectivity index (χ4n) is 3.20. The summed E-state index contributed by atoms with van der Waals surface area (Å²) in [5.41, 5.74) is 0. The third kappa shape index (κ3) is 23.3. The van der Waals surface area contributed by atoms with Gasteiger partial charge in [0.1, 0.15) is 0 Å². The minimum Gasteiger partial charge on any atom is -0.282 e. The summed E-state index contributed by atoms with van der Waals surface area (Å²) in [6, 6.07) is 0. The molecule has 2 amide bonds. The zero-order valence-corrected chi connectivity index (χ0v) is 23.6. The summed E-state index contributed by atoms with van der Waals surface area (Å²) in [5, 5.41) is 0. The molecule has 0 aromatic heterocycles. The van der Waals surface area contributed by atoms with E-state index in [1.807, 2.05) is 27.7 Å². The van der Waals surface area contributed by atoms with Gasteiger partial charge in [-0.3, -0.25) is 14.5 Å². The zero-order valence-electron chi connectivity index (χ0n) is 23.6. The topological polar surface area (TPSA) is 37.4 Å². The molecule has 0 aliphatic heterocycles. The quantitative estimate of drug-likeness (QED) is 0.138. The van der Waals surface area contributed by atoms with Crippen molar-refractivity contribution in [1.82, 2.24) is 4.90 Å². The van der Waals surface area contributed by atoms with Crippen molar-refractivity contribution in [2.45, 2.75) is 125 Å². The van der Waals surface area contributed by atoms with Crippen LogP contribution < -0.4 is 0 Å². The zero-order chi connectivity index (χ0) is 26.5. The van der Waals surface area contributed by atoms with Crippen molar-refractivity contribution in [3.8, 4) is 0 Å². The molecule has 0 bridgehead atoms. The van der Waals surface area contributed by atoms with Gasteiger partial charge in [0.15, 0.2) is 0 Å². The minimum atomic E-state index is -0.330. The summed E-state index contributed by atoms with van der Waals surface area (Å²) in [6.45, 7) is 19.8. The van der Waals surface area contributed by atoms with Crippen LogP contribution in [0.2, 0.25) is 0 Å². The van der Waals surface area contributed by atoms with Gasteiger partial charge in [-0.2, -0.15) is 0 Å². The number of rotatable bonds is 19. The van der Waals surface area contributed by atoms with Crippen LogP contribution in [0.25, 0.3) is 0 Å². The summed E-state index contributed by atoms with van der Waals surface area (Å²) in [7, 11) is 0. The molecule has 0 rings (SSSR count). The molecule has 1 atom stereocenters. The molecule has 0 aromatic carbocycles. The van der Waals surface area contributed by atoms with Crippen molar-refractivity contribution in [2.75, 3.05) is 6.54 Å². The molecule has 0 saturated carbocycles. The van der Waals surface area contributed by atoms with Gasteiger partial charge in [-0.05, 0) is 38.5 Å². The lowest BCUT2D eigenvalue weighted by molar-refractivity contribution is -0.145. The molecule has 0 heterocycles. The second-order valence-electron chi connectivity index (χ2n) is 7.99. The lowest BCUT2D eigenvalue weighted by Gasteiger charge is -2.22. The fraction of sp³-hybridized carbons (Fsp3) is 0.677. The number of allylic oxidation sites excluding steroid dienone is 4. The Labute approximate surface area is 213 Å². The molecular formula is C31H57NO2. The van der Waals surface area contributed by atoms with Crippen LogP contribution in [-0.4, -0.2) is 23.3 Å². The second kappa shape index (κ2) is 31.1. The van der Waals surface area contributed by atoms with Gasteiger partial charge >= 0.3 is 0 Å². The van der Waals surface area contributed by atoms with Gasteiger partial charge in [-0.15, -0.1) is 13.2 Å². The number of hydrogen-bond donors (Lipinski definition) is 0. The first kappa shape index (κ1) is 36.7. The Morgan fingerprint density at radius 3 is 1.76 bits per heavy atom. The number of hydrogen-bond acceptors (Lipinski definition) is 2. The Kier molecular flexibility index (Phi) is 33.5. The van der Waals surface area contributed by atoms with E-state index in [4.69, 9.17) is 0 Å². The molecule has 0 aromatic rings. The first-order valence-electron chi connectivity index (χ1n) is 14.0. The van der Waals surface area contributed by atoms with Crippen molar-refractivity contribution in [3.63, 3.8) is 0 Å². The maximum Gasteiger partial charge on any atom is 0.235 e. The van der Waals surface area contributed by atoms with Crippen LogP contribution in [0.5, 0.6) is 0 Å². The highest BCUT2D eigenvalue weighted by Crippen LogP contribution is 2.11. The van der Waals surface area contributed by atoms with Crippen LogP contribution in [0.15, 0.2) is 49.6 Å². The number of carbonyl (C=O) groups excluding carboxylic acids is 2. The van der Waals surface area contributed by atoms with Crippen molar-refractivity contribution < 1.29 is 9.59 Å². The van der Waals surface area contributed by atoms with E-state index in [9.17, 15) is 9.59 Å². The smallest absolute Gasteiger partial charge is 0.235 e. The lowest BCUT2D eigenvalue weighted by Crippen LogP contribution is -2.40. The molecule has 0 fully saturated rings. The number of carbonyl (C=O) groups is 2. The number of nitrogens with zero attached hydrogens (tertiary/aromatic N) is 1. The van der Waals surface area contributed by atoms with Crippen molar-refractivity contribution in [2.24, 2.45) is 5.92 Å². The first-order valence-corrected chi connectivity index (χ1v) is 14.0. The predicted octanol–water partition coefficient (Wildman–Crippen LogP) is 9.61. The molecule has 3 heteroatoms. The predicted molar refractivity (Wildman–Crippen MR) is 153 cm³/mol. The van der Waals surface area contributed by atoms with Crippen molar-refractivity contribution >= 4 is 11.8 Å². The van der Waals surface area contributed by atoms with Gasteiger partial charge in [0.25, 0.3) is 0 Å². The van der Waals surface area contributed by atoms with Gasteiger partial charge < -0.3 is 0 Å². The SMILES string of the molecule is C=CCC(=O)N(CCCCCCCC/C=C\C/C=C\CCCCC)C(=O)C(C)C=C.CC.CC. The normalized spacial score (nSPS) is 11.2. The molecule has 0 aliphatic carbocycles. The molecule has 0 N–H and O–H groups in total. The van der Waals surface area contributed by atoms with Crippen LogP contribution in [0.1, 0.15) is 125 Å². The third-order valence-corrected chi connectivity index (χ3v) is 5.21. The molecule has 198 valence electrons. The molecule has 0 radical (unpaired) electrons. The number of unbranched alkanes of at least 4 members (excludes halogenated alkanes) is 9. The van der Waals surface area contributed by atoms with Crippen molar-refractivity contribution in [3.05, 3.63) is 49.6 Å². The molecular weight excluding hydrogens is 418 g/mol. The third-order valence-electron chi connectivity index (χ3n) is 5.21. The van der Waals surface area contributed by atoms with Gasteiger partial charge in [0.2, 0.25) is 11.8 Å². The maximum absolute atomic E-state index is 12.4. The first-order chi connectivity index (χ1) is 16.6. The number of imide groups is 1. The van der Waals surface area contributed by atoms with Crippen molar-refractivity contribution in [1.29, 1.82) is 0 Å². The Morgan fingerprint density at radius 1 is 0.765 bits per heavy atom. The molecule has 3 nitrogen and oxygen atoms in total. The standard InChI is InChI=1S/C27H45NO2.2C2H6/c1-5-8-9-10-11-12-13-14-15-16-17-18-19-20-21-22-24-28(26(29)23-6-2)27(30)25(4)7-3;2*1-2/h6-7,11-12,14-15,25H,2-3,5,8-10,13,16-24H2,1,4H3;2*1-2H3/b12-11-,15-14-;;. The monoisotopic (exact) mass is 475 g/mol. The van der Waals surface area contributed by atoms with Crippen LogP contribution >= 0.6 is 0 Å². The van der Waals surface area contributed by atoms with Gasteiger partial charge in [-0.25, -0.2) is 0 Å². The van der Waals surface area contributed by atoms with E-state index in [0.717, 1.165) is 32.1 Å². The molecule has 0 spiro atoms. The van der Waals surface area contributed by atoms with E-state index >= 15 is 0 Å². The summed E-state index contributed by atoms with van der Waals surface area (Å²) in [4.78, 5) is 25.9. The molecule has 0 aliphatic rings. The average Bonchev–Trinajstić information content (AvgIpc) is 2.87. The summed E-state index contributed by atoms with van der Waals surface area (Å²) in [5.74, 6) is -0.644. The summed E-state index contributed by atoms with van der Waals surface area (Å²) < 4.78 is 0. The largest absolute Gasteiger partial charge is 0.282 e. The molecule has 0 saturated heterocycles. The second-order valence-corrected chi connectivity index (χ2v) is 7.99. The maximum atomic E-state index is 12.4. The van der Waals surface area contributed by atoms with Crippen LogP contribution in [0, 0.1) is 5.92 Å². The van der Waals surface area contributed by atoms with Crippen LogP contribution in [-0.2, 0) is 9.59 Å². The van der Waals surface area contributed by atoms with Gasteiger partial charge in [-0.1, -0.05) is 117 Å². The Bertz CT molecular complexity index is 534. The van der Waals surface area contributed by atoms with E-state index in [1.54, 1.807) is 19.1 Å². The Balaban J connectivity index is -0.00000227. The molecule has 1 unspecified atom stereocenters. The van der Waals surface area contributed by atoms with E-state index in [1.165, 1.54) is 49.8 Å². The summed E-state index contributed by atoms with van der Waals surface area (Å²) in [6.07, 6.45) is 26.6. The van der Waals surface area contributed by atoms with E-state index in [2.05, 4.69) is 44.4 Å². The molecule has 34 heavy (non-hydrogen) atoms.